The minimum atomic E-state index is 0.848. The summed E-state index contributed by atoms with van der Waals surface area (Å²) >= 11 is 0. The zero-order chi connectivity index (χ0) is 9.80. The Morgan fingerprint density at radius 1 is 1.43 bits per heavy atom. The maximum Gasteiger partial charge on any atom is 0.0637 e. The second-order valence-electron chi connectivity index (χ2n) is 4.00. The van der Waals surface area contributed by atoms with Crippen molar-refractivity contribution in [1.29, 1.82) is 0 Å². The van der Waals surface area contributed by atoms with Crippen molar-refractivity contribution in [3.8, 4) is 0 Å². The van der Waals surface area contributed by atoms with Crippen LogP contribution < -0.4 is 0 Å². The Hall–Kier alpha value is -0.760. The van der Waals surface area contributed by atoms with Crippen LogP contribution in [0.3, 0.4) is 0 Å². The van der Waals surface area contributed by atoms with Gasteiger partial charge in [-0.1, -0.05) is 12.2 Å². The third-order valence-electron chi connectivity index (χ3n) is 3.06. The first kappa shape index (κ1) is 9.78. The molecule has 1 aliphatic carbocycles. The number of ether oxygens (including phenoxy) is 1. The van der Waals surface area contributed by atoms with Crippen LogP contribution in [0, 0.1) is 0 Å². The molecular weight excluding hydrogens is 174 g/mol. The van der Waals surface area contributed by atoms with E-state index in [-0.39, 0.29) is 0 Å². The number of hydrogen-bond donors (Lipinski definition) is 0. The second kappa shape index (κ2) is 4.65. The smallest absolute Gasteiger partial charge is 0.0637 e. The van der Waals surface area contributed by atoms with Crippen LogP contribution >= 0.6 is 0 Å². The molecule has 0 saturated heterocycles. The third-order valence-corrected chi connectivity index (χ3v) is 3.06. The molecule has 0 unspecified atom stereocenters. The fraction of sp³-hybridized carbons (Fsp3) is 0.667. The number of hydrogen-bond acceptors (Lipinski definition) is 2. The van der Waals surface area contributed by atoms with Crippen molar-refractivity contribution in [2.24, 2.45) is 0 Å². The first-order valence-electron chi connectivity index (χ1n) is 5.54. The Kier molecular flexibility index (Phi) is 3.25. The molecule has 0 atom stereocenters. The zero-order valence-electron chi connectivity index (χ0n) is 8.96. The summed E-state index contributed by atoms with van der Waals surface area (Å²) in [4.78, 5) is 2.51. The summed E-state index contributed by atoms with van der Waals surface area (Å²) in [6.07, 6.45) is 9.64. The van der Waals surface area contributed by atoms with Crippen molar-refractivity contribution in [2.75, 3.05) is 26.8 Å². The molecule has 0 radical (unpaired) electrons. The predicted octanol–water partition coefficient (Wildman–Crippen LogP) is 2.33. The van der Waals surface area contributed by atoms with Gasteiger partial charge in [0.15, 0.2) is 0 Å². The van der Waals surface area contributed by atoms with Crippen LogP contribution in [0.2, 0.25) is 0 Å². The van der Waals surface area contributed by atoms with E-state index in [4.69, 9.17) is 4.74 Å². The van der Waals surface area contributed by atoms with Gasteiger partial charge in [0.25, 0.3) is 0 Å². The number of methoxy groups -OCH3 is 1. The van der Waals surface area contributed by atoms with Gasteiger partial charge in [0, 0.05) is 25.9 Å². The van der Waals surface area contributed by atoms with Crippen LogP contribution in [-0.2, 0) is 4.74 Å². The highest BCUT2D eigenvalue weighted by molar-refractivity contribution is 5.30. The molecule has 2 rings (SSSR count). The van der Waals surface area contributed by atoms with E-state index in [1.54, 1.807) is 18.4 Å². The Morgan fingerprint density at radius 3 is 3.21 bits per heavy atom. The molecule has 78 valence electrons. The van der Waals surface area contributed by atoms with Crippen molar-refractivity contribution in [3.05, 3.63) is 23.4 Å². The average Bonchev–Trinajstić information content (AvgIpc) is 2.26. The fourth-order valence-corrected chi connectivity index (χ4v) is 2.33. The van der Waals surface area contributed by atoms with Crippen LogP contribution in [0.5, 0.6) is 0 Å². The van der Waals surface area contributed by atoms with Gasteiger partial charge in [-0.2, -0.15) is 0 Å². The number of rotatable bonds is 3. The van der Waals surface area contributed by atoms with Crippen LogP contribution in [0.1, 0.15) is 25.7 Å². The van der Waals surface area contributed by atoms with Gasteiger partial charge in [-0.3, -0.25) is 0 Å². The lowest BCUT2D eigenvalue weighted by molar-refractivity contribution is 0.158. The third kappa shape index (κ3) is 2.01. The molecule has 0 amide bonds. The molecule has 0 aromatic rings. The van der Waals surface area contributed by atoms with Crippen LogP contribution in [0.4, 0.5) is 0 Å². The molecule has 1 aliphatic heterocycles. The molecule has 2 heteroatoms. The number of nitrogens with zero attached hydrogens (tertiary/aromatic N) is 1. The van der Waals surface area contributed by atoms with Crippen LogP contribution in [0.25, 0.3) is 0 Å². The maximum absolute atomic E-state index is 5.14. The summed E-state index contributed by atoms with van der Waals surface area (Å²) in [7, 11) is 1.78. The Labute approximate surface area is 86.2 Å². The highest BCUT2D eigenvalue weighted by Crippen LogP contribution is 2.29. The van der Waals surface area contributed by atoms with Gasteiger partial charge in [0.05, 0.1) is 6.61 Å². The first-order chi connectivity index (χ1) is 6.92. The van der Waals surface area contributed by atoms with E-state index in [2.05, 4.69) is 17.1 Å². The monoisotopic (exact) mass is 193 g/mol. The quantitative estimate of drug-likeness (QED) is 0.682. The molecule has 2 aliphatic rings. The van der Waals surface area contributed by atoms with Gasteiger partial charge in [0.2, 0.25) is 0 Å². The van der Waals surface area contributed by atoms with Crippen molar-refractivity contribution >= 4 is 0 Å². The molecule has 2 nitrogen and oxygen atoms in total. The SMILES string of the molecule is COCCN1CCCC2=C1CCC=C2. The Morgan fingerprint density at radius 2 is 2.36 bits per heavy atom. The normalized spacial score (nSPS) is 21.4. The van der Waals surface area contributed by atoms with Gasteiger partial charge in [-0.15, -0.1) is 0 Å². The van der Waals surface area contributed by atoms with Crippen LogP contribution in [0.15, 0.2) is 23.4 Å². The number of allylic oxidation sites excluding steroid dienone is 4. The molecule has 0 aromatic carbocycles. The topological polar surface area (TPSA) is 12.5 Å². The molecular formula is C12H19NO. The van der Waals surface area contributed by atoms with E-state index >= 15 is 0 Å². The van der Waals surface area contributed by atoms with Gasteiger partial charge in [-0.25, -0.2) is 0 Å². The second-order valence-corrected chi connectivity index (χ2v) is 4.00. The van der Waals surface area contributed by atoms with Gasteiger partial charge in [-0.05, 0) is 31.3 Å². The van der Waals surface area contributed by atoms with E-state index < -0.39 is 0 Å². The fourth-order valence-electron chi connectivity index (χ4n) is 2.33. The van der Waals surface area contributed by atoms with Crippen LogP contribution in [-0.4, -0.2) is 31.7 Å². The summed E-state index contributed by atoms with van der Waals surface area (Å²) in [5, 5.41) is 0. The highest BCUT2D eigenvalue weighted by atomic mass is 16.5. The van der Waals surface area contributed by atoms with E-state index in [1.165, 1.54) is 32.2 Å². The molecule has 0 N–H and O–H groups in total. The largest absolute Gasteiger partial charge is 0.383 e. The van der Waals surface area contributed by atoms with Crippen molar-refractivity contribution in [1.82, 2.24) is 4.90 Å². The summed E-state index contributed by atoms with van der Waals surface area (Å²) in [5.41, 5.74) is 3.15. The standard InChI is InChI=1S/C12H19NO/c1-14-10-9-13-8-4-6-11-5-2-3-7-12(11)13/h2,5H,3-4,6-10H2,1H3. The van der Waals surface area contributed by atoms with Crippen molar-refractivity contribution < 1.29 is 4.74 Å². The maximum atomic E-state index is 5.14. The Bertz CT molecular complexity index is 255. The minimum absolute atomic E-state index is 0.848. The molecule has 0 bridgehead atoms. The van der Waals surface area contributed by atoms with Gasteiger partial charge in [0.1, 0.15) is 0 Å². The van der Waals surface area contributed by atoms with Gasteiger partial charge >= 0.3 is 0 Å². The van der Waals surface area contributed by atoms with E-state index in [9.17, 15) is 0 Å². The molecule has 0 fully saturated rings. The summed E-state index contributed by atoms with van der Waals surface area (Å²) < 4.78 is 5.14. The first-order valence-corrected chi connectivity index (χ1v) is 5.54. The van der Waals surface area contributed by atoms with E-state index in [1.807, 2.05) is 0 Å². The van der Waals surface area contributed by atoms with Crippen molar-refractivity contribution in [3.63, 3.8) is 0 Å². The Balaban J connectivity index is 2.05. The van der Waals surface area contributed by atoms with E-state index in [0.717, 1.165) is 13.2 Å². The molecule has 1 heterocycles. The highest BCUT2D eigenvalue weighted by Gasteiger charge is 2.19. The minimum Gasteiger partial charge on any atom is -0.383 e. The lowest BCUT2D eigenvalue weighted by atomic mass is 9.95. The summed E-state index contributed by atoms with van der Waals surface area (Å²) in [6.45, 7) is 3.12. The molecule has 14 heavy (non-hydrogen) atoms. The lowest BCUT2D eigenvalue weighted by Crippen LogP contribution is -2.32. The van der Waals surface area contributed by atoms with Gasteiger partial charge < -0.3 is 9.64 Å². The van der Waals surface area contributed by atoms with Crippen molar-refractivity contribution in [2.45, 2.75) is 25.7 Å². The predicted molar refractivity (Wildman–Crippen MR) is 58.1 cm³/mol. The zero-order valence-corrected chi connectivity index (χ0v) is 8.96. The molecule has 0 aromatic heterocycles. The lowest BCUT2D eigenvalue weighted by Gasteiger charge is -2.34. The summed E-state index contributed by atoms with van der Waals surface area (Å²) in [6, 6.07) is 0. The summed E-state index contributed by atoms with van der Waals surface area (Å²) in [5.74, 6) is 0. The van der Waals surface area contributed by atoms with E-state index in [0.29, 0.717) is 0 Å². The molecule has 0 saturated carbocycles. The molecule has 0 spiro atoms. The average molecular weight is 193 g/mol.